The number of nitrogens with one attached hydrogen (secondary N) is 1. The largest absolute Gasteiger partial charge is 0.508 e. The van der Waals surface area contributed by atoms with Crippen LogP contribution in [0.4, 0.5) is 0 Å². The Labute approximate surface area is 107 Å². The highest BCUT2D eigenvalue weighted by Crippen LogP contribution is 2.45. The van der Waals surface area contributed by atoms with Crippen LogP contribution in [0.25, 0.3) is 0 Å². The lowest BCUT2D eigenvalue weighted by molar-refractivity contribution is -0.127. The molecule has 2 rings (SSSR count). The van der Waals surface area contributed by atoms with Gasteiger partial charge in [-0.05, 0) is 37.5 Å². The molecule has 1 aliphatic rings. The van der Waals surface area contributed by atoms with Crippen molar-refractivity contribution >= 4 is 5.91 Å². The lowest BCUT2D eigenvalue weighted by Gasteiger charge is -2.22. The molecule has 0 aliphatic heterocycles. The Hall–Kier alpha value is -1.55. The first kappa shape index (κ1) is 12.9. The van der Waals surface area contributed by atoms with Crippen molar-refractivity contribution in [2.45, 2.75) is 38.8 Å². The number of phenolic OH excluding ortho intramolecular Hbond substituents is 1. The maximum absolute atomic E-state index is 11.9. The second-order valence-corrected chi connectivity index (χ2v) is 5.36. The summed E-state index contributed by atoms with van der Waals surface area (Å²) in [5, 5.41) is 22.1. The van der Waals surface area contributed by atoms with Gasteiger partial charge in [-0.15, -0.1) is 0 Å². The Kier molecular flexibility index (Phi) is 3.30. The molecule has 1 fully saturated rings. The Balaban J connectivity index is 1.98. The maximum Gasteiger partial charge on any atom is 0.226 e. The van der Waals surface area contributed by atoms with Crippen LogP contribution >= 0.6 is 0 Å². The number of hydrogen-bond donors (Lipinski definition) is 3. The van der Waals surface area contributed by atoms with Gasteiger partial charge in [0.05, 0.1) is 12.1 Å². The minimum absolute atomic E-state index is 0.00725. The number of aliphatic hydroxyl groups excluding tert-OH is 1. The van der Waals surface area contributed by atoms with Crippen LogP contribution in [0, 0.1) is 5.41 Å². The van der Waals surface area contributed by atoms with Crippen LogP contribution in [0.1, 0.15) is 38.4 Å². The van der Waals surface area contributed by atoms with Crippen LogP contribution in [0.15, 0.2) is 24.3 Å². The van der Waals surface area contributed by atoms with Gasteiger partial charge in [0.25, 0.3) is 0 Å². The van der Waals surface area contributed by atoms with E-state index in [2.05, 4.69) is 5.32 Å². The fourth-order valence-electron chi connectivity index (χ4n) is 1.83. The van der Waals surface area contributed by atoms with E-state index in [1.54, 1.807) is 19.1 Å². The summed E-state index contributed by atoms with van der Waals surface area (Å²) >= 11 is 0. The fraction of sp³-hybridized carbons (Fsp3) is 0.500. The third-order valence-electron chi connectivity index (χ3n) is 3.62. The number of aromatic hydroxyl groups is 1. The van der Waals surface area contributed by atoms with Gasteiger partial charge in [-0.1, -0.05) is 19.1 Å². The number of rotatable bonds is 4. The molecule has 1 aromatic rings. The van der Waals surface area contributed by atoms with Gasteiger partial charge in [-0.2, -0.15) is 0 Å². The van der Waals surface area contributed by atoms with Crippen molar-refractivity contribution in [2.75, 3.05) is 0 Å². The SMILES string of the molecule is CC(NC(=O)C1(C)CC1)C(O)c1ccc(O)cc1. The van der Waals surface area contributed by atoms with E-state index in [1.165, 1.54) is 12.1 Å². The minimum Gasteiger partial charge on any atom is -0.508 e. The predicted octanol–water partition coefficient (Wildman–Crippen LogP) is 1.73. The van der Waals surface area contributed by atoms with Gasteiger partial charge in [0.15, 0.2) is 0 Å². The Morgan fingerprint density at radius 3 is 2.39 bits per heavy atom. The molecule has 0 saturated heterocycles. The molecule has 0 heterocycles. The summed E-state index contributed by atoms with van der Waals surface area (Å²) in [6.45, 7) is 3.71. The molecular weight excluding hydrogens is 230 g/mol. The van der Waals surface area contributed by atoms with Gasteiger partial charge in [0.2, 0.25) is 5.91 Å². The van der Waals surface area contributed by atoms with Gasteiger partial charge in [0, 0.05) is 5.41 Å². The molecule has 2 atom stereocenters. The van der Waals surface area contributed by atoms with Crippen molar-refractivity contribution in [2.24, 2.45) is 5.41 Å². The second-order valence-electron chi connectivity index (χ2n) is 5.36. The summed E-state index contributed by atoms with van der Waals surface area (Å²) in [5.74, 6) is 0.168. The zero-order valence-electron chi connectivity index (χ0n) is 10.7. The monoisotopic (exact) mass is 249 g/mol. The molecule has 4 heteroatoms. The summed E-state index contributed by atoms with van der Waals surface area (Å²) < 4.78 is 0. The number of carbonyl (C=O) groups excluding carboxylic acids is 1. The van der Waals surface area contributed by atoms with E-state index in [0.717, 1.165) is 12.8 Å². The number of aliphatic hydroxyl groups is 1. The molecule has 0 radical (unpaired) electrons. The molecule has 98 valence electrons. The van der Waals surface area contributed by atoms with Crippen molar-refractivity contribution in [3.63, 3.8) is 0 Å². The lowest BCUT2D eigenvalue weighted by Crippen LogP contribution is -2.40. The lowest BCUT2D eigenvalue weighted by atomic mass is 10.0. The molecule has 4 nitrogen and oxygen atoms in total. The summed E-state index contributed by atoms with van der Waals surface area (Å²) in [4.78, 5) is 11.9. The van der Waals surface area contributed by atoms with E-state index >= 15 is 0 Å². The summed E-state index contributed by atoms with van der Waals surface area (Å²) in [6.07, 6.45) is 1.07. The average Bonchev–Trinajstić information content (AvgIpc) is 3.08. The van der Waals surface area contributed by atoms with E-state index in [1.807, 2.05) is 6.92 Å². The summed E-state index contributed by atoms with van der Waals surface area (Å²) in [7, 11) is 0. The molecule has 1 aromatic carbocycles. The first-order valence-electron chi connectivity index (χ1n) is 6.20. The van der Waals surface area contributed by atoms with E-state index < -0.39 is 6.10 Å². The molecule has 2 unspecified atom stereocenters. The van der Waals surface area contributed by atoms with Crippen molar-refractivity contribution in [1.82, 2.24) is 5.32 Å². The van der Waals surface area contributed by atoms with Crippen LogP contribution in [0.5, 0.6) is 5.75 Å². The minimum atomic E-state index is -0.767. The van der Waals surface area contributed by atoms with E-state index in [0.29, 0.717) is 5.56 Å². The molecular formula is C14H19NO3. The Morgan fingerprint density at radius 2 is 1.89 bits per heavy atom. The number of hydrogen-bond acceptors (Lipinski definition) is 3. The predicted molar refractivity (Wildman–Crippen MR) is 68.0 cm³/mol. The van der Waals surface area contributed by atoms with E-state index in [-0.39, 0.29) is 23.1 Å². The van der Waals surface area contributed by atoms with Crippen molar-refractivity contribution in [1.29, 1.82) is 0 Å². The second kappa shape index (κ2) is 4.61. The molecule has 1 saturated carbocycles. The van der Waals surface area contributed by atoms with Gasteiger partial charge >= 0.3 is 0 Å². The number of benzene rings is 1. The highest BCUT2D eigenvalue weighted by atomic mass is 16.3. The van der Waals surface area contributed by atoms with Gasteiger partial charge in [-0.25, -0.2) is 0 Å². The van der Waals surface area contributed by atoms with Crippen molar-refractivity contribution in [3.8, 4) is 5.75 Å². The number of phenols is 1. The van der Waals surface area contributed by atoms with Gasteiger partial charge in [-0.3, -0.25) is 4.79 Å². The third kappa shape index (κ3) is 2.64. The molecule has 18 heavy (non-hydrogen) atoms. The normalized spacial score (nSPS) is 19.9. The van der Waals surface area contributed by atoms with Gasteiger partial charge < -0.3 is 15.5 Å². The topological polar surface area (TPSA) is 69.6 Å². The molecule has 1 amide bonds. The summed E-state index contributed by atoms with van der Waals surface area (Å²) in [6, 6.07) is 6.01. The maximum atomic E-state index is 11.9. The standard InChI is InChI=1S/C14H19NO3/c1-9(15-13(18)14(2)7-8-14)12(17)10-3-5-11(16)6-4-10/h3-6,9,12,16-17H,7-8H2,1-2H3,(H,15,18). The van der Waals surface area contributed by atoms with Crippen molar-refractivity contribution < 1.29 is 15.0 Å². The van der Waals surface area contributed by atoms with Crippen molar-refractivity contribution in [3.05, 3.63) is 29.8 Å². The van der Waals surface area contributed by atoms with Crippen LogP contribution < -0.4 is 5.32 Å². The molecule has 0 aromatic heterocycles. The quantitative estimate of drug-likeness (QED) is 0.761. The van der Waals surface area contributed by atoms with E-state index in [9.17, 15) is 15.0 Å². The number of amides is 1. The Bertz CT molecular complexity index is 437. The zero-order valence-corrected chi connectivity index (χ0v) is 10.7. The fourth-order valence-corrected chi connectivity index (χ4v) is 1.83. The van der Waals surface area contributed by atoms with E-state index in [4.69, 9.17) is 0 Å². The molecule has 0 bridgehead atoms. The first-order valence-corrected chi connectivity index (χ1v) is 6.20. The molecule has 1 aliphatic carbocycles. The number of carbonyl (C=O) groups is 1. The zero-order chi connectivity index (χ0) is 13.3. The first-order chi connectivity index (χ1) is 8.42. The van der Waals surface area contributed by atoms with Crippen LogP contribution in [-0.4, -0.2) is 22.2 Å². The molecule has 0 spiro atoms. The average molecular weight is 249 g/mol. The smallest absolute Gasteiger partial charge is 0.226 e. The third-order valence-corrected chi connectivity index (χ3v) is 3.62. The summed E-state index contributed by atoms with van der Waals surface area (Å²) in [5.41, 5.74) is 0.449. The molecule has 3 N–H and O–H groups in total. The highest BCUT2D eigenvalue weighted by Gasteiger charge is 2.45. The van der Waals surface area contributed by atoms with Crippen LogP contribution in [-0.2, 0) is 4.79 Å². The van der Waals surface area contributed by atoms with Crippen LogP contribution in [0.2, 0.25) is 0 Å². The highest BCUT2D eigenvalue weighted by molar-refractivity contribution is 5.85. The Morgan fingerprint density at radius 1 is 1.33 bits per heavy atom. The van der Waals surface area contributed by atoms with Gasteiger partial charge in [0.1, 0.15) is 5.75 Å². The van der Waals surface area contributed by atoms with Crippen LogP contribution in [0.3, 0.4) is 0 Å².